The summed E-state index contributed by atoms with van der Waals surface area (Å²) in [5, 5.41) is 0.830. The van der Waals surface area contributed by atoms with Gasteiger partial charge in [-0.1, -0.05) is 0 Å². The van der Waals surface area contributed by atoms with E-state index in [0.29, 0.717) is 24.0 Å². The molecule has 3 heterocycles. The van der Waals surface area contributed by atoms with Crippen molar-refractivity contribution in [2.45, 2.75) is 6.42 Å². The summed E-state index contributed by atoms with van der Waals surface area (Å²) in [6.07, 6.45) is 5.33. The van der Waals surface area contributed by atoms with Gasteiger partial charge in [-0.2, -0.15) is 0 Å². The molecule has 0 aromatic carbocycles. The van der Waals surface area contributed by atoms with Gasteiger partial charge in [-0.25, -0.2) is 15.0 Å². The third-order valence-corrected chi connectivity index (χ3v) is 2.28. The first-order valence-corrected chi connectivity index (χ1v) is 4.81. The van der Waals surface area contributed by atoms with Gasteiger partial charge in [0.05, 0.1) is 18.0 Å². The third-order valence-electron chi connectivity index (χ3n) is 2.28. The van der Waals surface area contributed by atoms with Crippen LogP contribution in [0.4, 0.5) is 5.82 Å². The number of nitrogens with zero attached hydrogens (tertiary/aromatic N) is 3. The van der Waals surface area contributed by atoms with Crippen LogP contribution in [0.2, 0.25) is 0 Å². The highest BCUT2D eigenvalue weighted by molar-refractivity contribution is 5.85. The first-order valence-electron chi connectivity index (χ1n) is 4.81. The second-order valence-corrected chi connectivity index (χ2v) is 3.37. The summed E-state index contributed by atoms with van der Waals surface area (Å²) in [5.74, 6) is 1.63. The van der Waals surface area contributed by atoms with E-state index < -0.39 is 0 Å². The standard InChI is InChI=1S/C10H9N5O.ClH/c11-9-6-1-2-13-10(6)15-7(14-9)5-8-12-3-4-16-8;/h1-4H,5H2,(H3,11,13,14,15);1H. The van der Waals surface area contributed by atoms with Gasteiger partial charge in [0.15, 0.2) is 0 Å². The van der Waals surface area contributed by atoms with Crippen LogP contribution in [0.5, 0.6) is 0 Å². The molecule has 3 N–H and O–H groups in total. The zero-order valence-electron chi connectivity index (χ0n) is 8.75. The SMILES string of the molecule is Cl.Nc1nc(Cc2ncco2)nc2[nH]ccc12. The fourth-order valence-corrected chi connectivity index (χ4v) is 1.57. The Hall–Kier alpha value is -2.08. The van der Waals surface area contributed by atoms with E-state index in [2.05, 4.69) is 19.9 Å². The number of anilines is 1. The Morgan fingerprint density at radius 1 is 1.35 bits per heavy atom. The van der Waals surface area contributed by atoms with E-state index >= 15 is 0 Å². The van der Waals surface area contributed by atoms with E-state index in [0.717, 1.165) is 11.0 Å². The van der Waals surface area contributed by atoms with Crippen molar-refractivity contribution in [3.63, 3.8) is 0 Å². The summed E-state index contributed by atoms with van der Waals surface area (Å²) in [6.45, 7) is 0. The molecule has 88 valence electrons. The minimum absolute atomic E-state index is 0. The number of rotatable bonds is 2. The number of hydrogen-bond acceptors (Lipinski definition) is 5. The first-order chi connectivity index (χ1) is 7.83. The Labute approximate surface area is 103 Å². The minimum Gasteiger partial charge on any atom is -0.449 e. The predicted octanol–water partition coefficient (Wildman–Crippen LogP) is 1.54. The lowest BCUT2D eigenvalue weighted by Crippen LogP contribution is -2.01. The Morgan fingerprint density at radius 3 is 3.00 bits per heavy atom. The second kappa shape index (κ2) is 4.42. The van der Waals surface area contributed by atoms with Crippen LogP contribution in [-0.4, -0.2) is 19.9 Å². The molecule has 0 aliphatic rings. The van der Waals surface area contributed by atoms with Crippen molar-refractivity contribution in [3.05, 3.63) is 36.4 Å². The lowest BCUT2D eigenvalue weighted by Gasteiger charge is -1.99. The van der Waals surface area contributed by atoms with Gasteiger partial charge in [0.1, 0.15) is 23.6 Å². The smallest absolute Gasteiger partial charge is 0.201 e. The Morgan fingerprint density at radius 2 is 2.24 bits per heavy atom. The molecule has 0 radical (unpaired) electrons. The van der Waals surface area contributed by atoms with E-state index in [1.807, 2.05) is 6.07 Å². The zero-order valence-corrected chi connectivity index (χ0v) is 9.57. The molecule has 3 aromatic heterocycles. The number of halogens is 1. The number of nitrogens with two attached hydrogens (primary N) is 1. The van der Waals surface area contributed by atoms with Crippen LogP contribution in [0.15, 0.2) is 29.1 Å². The molecule has 7 heteroatoms. The van der Waals surface area contributed by atoms with E-state index in [1.54, 1.807) is 12.4 Å². The minimum atomic E-state index is 0. The van der Waals surface area contributed by atoms with Gasteiger partial charge >= 0.3 is 0 Å². The molecule has 0 saturated heterocycles. The van der Waals surface area contributed by atoms with E-state index in [9.17, 15) is 0 Å². The van der Waals surface area contributed by atoms with Gasteiger partial charge in [0.25, 0.3) is 0 Å². The number of nitrogen functional groups attached to an aromatic ring is 1. The van der Waals surface area contributed by atoms with Crippen molar-refractivity contribution in [2.24, 2.45) is 0 Å². The highest BCUT2D eigenvalue weighted by atomic mass is 35.5. The maximum absolute atomic E-state index is 5.81. The first kappa shape index (κ1) is 11.4. The average molecular weight is 252 g/mol. The largest absolute Gasteiger partial charge is 0.449 e. The van der Waals surface area contributed by atoms with Gasteiger partial charge < -0.3 is 15.1 Å². The number of nitrogens with one attached hydrogen (secondary N) is 1. The molecule has 6 nitrogen and oxygen atoms in total. The van der Waals surface area contributed by atoms with Crippen molar-refractivity contribution in [1.29, 1.82) is 0 Å². The number of oxazole rings is 1. The Kier molecular flexibility index (Phi) is 2.97. The van der Waals surface area contributed by atoms with Crippen molar-refractivity contribution >= 4 is 29.3 Å². The molecule has 3 aromatic rings. The summed E-state index contributed by atoms with van der Waals surface area (Å²) in [4.78, 5) is 15.5. The van der Waals surface area contributed by atoms with Crippen molar-refractivity contribution < 1.29 is 4.42 Å². The predicted molar refractivity (Wildman–Crippen MR) is 64.9 cm³/mol. The normalized spacial score (nSPS) is 10.4. The highest BCUT2D eigenvalue weighted by Crippen LogP contribution is 2.16. The third kappa shape index (κ3) is 2.07. The quantitative estimate of drug-likeness (QED) is 0.721. The van der Waals surface area contributed by atoms with Crippen LogP contribution in [0.3, 0.4) is 0 Å². The molecule has 0 aliphatic carbocycles. The average Bonchev–Trinajstić information content (AvgIpc) is 2.87. The van der Waals surface area contributed by atoms with Gasteiger partial charge in [-0.15, -0.1) is 12.4 Å². The maximum Gasteiger partial charge on any atom is 0.201 e. The number of fused-ring (bicyclic) bond motifs is 1. The molecule has 3 rings (SSSR count). The molecule has 0 spiro atoms. The zero-order chi connectivity index (χ0) is 11.0. The van der Waals surface area contributed by atoms with Crippen molar-refractivity contribution in [1.82, 2.24) is 19.9 Å². The summed E-state index contributed by atoms with van der Waals surface area (Å²) in [5.41, 5.74) is 6.54. The van der Waals surface area contributed by atoms with Gasteiger partial charge in [0.2, 0.25) is 5.89 Å². The summed E-state index contributed by atoms with van der Waals surface area (Å²) < 4.78 is 5.13. The van der Waals surface area contributed by atoms with Crippen LogP contribution in [0.1, 0.15) is 11.7 Å². The number of aromatic nitrogens is 4. The second-order valence-electron chi connectivity index (χ2n) is 3.37. The van der Waals surface area contributed by atoms with Gasteiger partial charge in [-0.3, -0.25) is 0 Å². The molecule has 17 heavy (non-hydrogen) atoms. The molecule has 0 bridgehead atoms. The summed E-state index contributed by atoms with van der Waals surface area (Å²) in [6, 6.07) is 1.85. The molecule has 0 amide bonds. The van der Waals surface area contributed by atoms with Crippen LogP contribution in [0, 0.1) is 0 Å². The topological polar surface area (TPSA) is 93.6 Å². The lowest BCUT2D eigenvalue weighted by atomic mass is 10.3. The van der Waals surface area contributed by atoms with E-state index in [4.69, 9.17) is 10.2 Å². The molecule has 0 aliphatic heterocycles. The molecular weight excluding hydrogens is 242 g/mol. The van der Waals surface area contributed by atoms with E-state index in [-0.39, 0.29) is 12.4 Å². The molecule has 0 atom stereocenters. The molecule has 0 saturated carbocycles. The monoisotopic (exact) mass is 251 g/mol. The fourth-order valence-electron chi connectivity index (χ4n) is 1.57. The molecule has 0 fully saturated rings. The van der Waals surface area contributed by atoms with Gasteiger partial charge in [-0.05, 0) is 6.07 Å². The Balaban J connectivity index is 0.00000108. The molecular formula is C10H10ClN5O. The van der Waals surface area contributed by atoms with Crippen LogP contribution < -0.4 is 5.73 Å². The number of H-pyrrole nitrogens is 1. The van der Waals surface area contributed by atoms with Crippen LogP contribution in [0.25, 0.3) is 11.0 Å². The molecule has 0 unspecified atom stereocenters. The van der Waals surface area contributed by atoms with Crippen molar-refractivity contribution in [3.8, 4) is 0 Å². The highest BCUT2D eigenvalue weighted by Gasteiger charge is 2.08. The Bertz CT molecular complexity index is 619. The van der Waals surface area contributed by atoms with Crippen LogP contribution >= 0.6 is 12.4 Å². The lowest BCUT2D eigenvalue weighted by molar-refractivity contribution is 0.503. The maximum atomic E-state index is 5.81. The fraction of sp³-hybridized carbons (Fsp3) is 0.100. The summed E-state index contributed by atoms with van der Waals surface area (Å²) in [7, 11) is 0. The van der Waals surface area contributed by atoms with Crippen molar-refractivity contribution in [2.75, 3.05) is 5.73 Å². The van der Waals surface area contributed by atoms with Crippen LogP contribution in [-0.2, 0) is 6.42 Å². The number of hydrogen-bond donors (Lipinski definition) is 2. The summed E-state index contributed by atoms with van der Waals surface area (Å²) >= 11 is 0. The van der Waals surface area contributed by atoms with Gasteiger partial charge in [0, 0.05) is 6.20 Å². The number of aromatic amines is 1. The van der Waals surface area contributed by atoms with E-state index in [1.165, 1.54) is 6.26 Å².